The summed E-state index contributed by atoms with van der Waals surface area (Å²) in [5.74, 6) is 0.508. The SMILES string of the molecule is O=C(CCCC[C@@H]1SC[C@@H]2NC(=O)N[C@@H]21)NCCOCCOCc1cn(CCCCCn2c(=O)n(C3CCN(CCCC(c4ccc(F)cc4)c4ccc(F)cc4)CC3)c3ccccc32)nn1. The molecule has 3 N–H and O–H groups in total. The van der Waals surface area contributed by atoms with Crippen molar-refractivity contribution in [1.82, 2.24) is 45.0 Å². The van der Waals surface area contributed by atoms with E-state index in [4.69, 9.17) is 9.47 Å². The molecule has 14 nitrogen and oxygen atoms in total. The Morgan fingerprint density at radius 2 is 1.52 bits per heavy atom. The molecule has 3 fully saturated rings. The number of rotatable bonds is 26. The molecule has 3 aliphatic heterocycles. The van der Waals surface area contributed by atoms with Crippen molar-refractivity contribution >= 4 is 34.7 Å². The largest absolute Gasteiger partial charge is 0.377 e. The number of carbonyl (C=O) groups is 2. The highest BCUT2D eigenvalue weighted by Crippen LogP contribution is 2.34. The summed E-state index contributed by atoms with van der Waals surface area (Å²) in [6, 6.07) is 21.9. The molecule has 17 heteroatoms. The second kappa shape index (κ2) is 24.3. The van der Waals surface area contributed by atoms with Gasteiger partial charge in [-0.15, -0.1) is 5.10 Å². The fraction of sp³-hybridized carbons (Fsp3) is 0.540. The van der Waals surface area contributed by atoms with Crippen LogP contribution in [0, 0.1) is 11.6 Å². The summed E-state index contributed by atoms with van der Waals surface area (Å²) in [7, 11) is 0. The number of ether oxygens (including phenoxy) is 2. The van der Waals surface area contributed by atoms with Crippen molar-refractivity contribution < 1.29 is 27.8 Å². The zero-order valence-corrected chi connectivity index (χ0v) is 39.2. The number of likely N-dealkylation sites (tertiary alicyclic amines) is 1. The van der Waals surface area contributed by atoms with E-state index in [1.54, 1.807) is 0 Å². The fourth-order valence-electron chi connectivity index (χ4n) is 9.89. The third-order valence-corrected chi connectivity index (χ3v) is 14.9. The van der Waals surface area contributed by atoms with Crippen LogP contribution < -0.4 is 21.6 Å². The Kier molecular flexibility index (Phi) is 17.5. The van der Waals surface area contributed by atoms with Crippen LogP contribution in [0.2, 0.25) is 0 Å². The van der Waals surface area contributed by atoms with Gasteiger partial charge >= 0.3 is 11.7 Å². The number of hydrogen-bond acceptors (Lipinski definition) is 9. The van der Waals surface area contributed by atoms with Gasteiger partial charge in [-0.3, -0.25) is 18.6 Å². The summed E-state index contributed by atoms with van der Waals surface area (Å²) in [6.45, 7) is 6.19. The molecule has 3 aliphatic rings. The number of piperidine rings is 1. The third-order valence-electron chi connectivity index (χ3n) is 13.4. The Morgan fingerprint density at radius 3 is 2.28 bits per heavy atom. The van der Waals surface area contributed by atoms with Crippen LogP contribution in [-0.2, 0) is 34.0 Å². The Labute approximate surface area is 395 Å². The number of thioether (sulfide) groups is 1. The lowest BCUT2D eigenvalue weighted by atomic mass is 9.87. The third kappa shape index (κ3) is 13.3. The highest BCUT2D eigenvalue weighted by atomic mass is 32.2. The van der Waals surface area contributed by atoms with Gasteiger partial charge in [-0.1, -0.05) is 48.0 Å². The van der Waals surface area contributed by atoms with Crippen molar-refractivity contribution in [3.05, 3.63) is 118 Å². The van der Waals surface area contributed by atoms with Crippen molar-refractivity contribution in [1.29, 1.82) is 0 Å². The zero-order chi connectivity index (χ0) is 46.4. The number of nitrogens with zero attached hydrogens (tertiary/aromatic N) is 6. The van der Waals surface area contributed by atoms with Crippen LogP contribution in [-0.4, -0.2) is 110 Å². The van der Waals surface area contributed by atoms with E-state index in [1.165, 1.54) is 24.3 Å². The van der Waals surface area contributed by atoms with Gasteiger partial charge in [-0.25, -0.2) is 18.4 Å². The second-order valence-corrected chi connectivity index (χ2v) is 19.4. The average Bonchev–Trinajstić information content (AvgIpc) is 4.11. The summed E-state index contributed by atoms with van der Waals surface area (Å²) in [4.78, 5) is 40.3. The van der Waals surface area contributed by atoms with Gasteiger partial charge in [0, 0.05) is 62.1 Å². The Morgan fingerprint density at radius 1 is 0.806 bits per heavy atom. The van der Waals surface area contributed by atoms with Crippen LogP contribution in [0.4, 0.5) is 13.6 Å². The lowest BCUT2D eigenvalue weighted by molar-refractivity contribution is -0.121. The van der Waals surface area contributed by atoms with Gasteiger partial charge in [0.1, 0.15) is 17.3 Å². The number of urea groups is 1. The minimum atomic E-state index is -0.266. The summed E-state index contributed by atoms with van der Waals surface area (Å²) in [5, 5.41) is 17.8. The Bertz CT molecular complexity index is 2360. The van der Waals surface area contributed by atoms with Gasteiger partial charge in [-0.05, 0) is 112 Å². The minimum absolute atomic E-state index is 0.0315. The summed E-state index contributed by atoms with van der Waals surface area (Å²) in [5.41, 5.74) is 4.86. The predicted molar refractivity (Wildman–Crippen MR) is 256 cm³/mol. The number of fused-ring (bicyclic) bond motifs is 2. The van der Waals surface area contributed by atoms with E-state index in [1.807, 2.05) is 68.2 Å². The molecule has 2 aromatic heterocycles. The normalized spacial score (nSPS) is 18.7. The number of amides is 3. The number of halogens is 2. The smallest absolute Gasteiger partial charge is 0.329 e. The quantitative estimate of drug-likeness (QED) is 0.0388. The molecule has 3 atom stereocenters. The molecule has 0 radical (unpaired) electrons. The molecule has 67 heavy (non-hydrogen) atoms. The Hall–Kier alpha value is -5.10. The molecule has 3 amide bonds. The van der Waals surface area contributed by atoms with E-state index in [-0.39, 0.29) is 53.3 Å². The predicted octanol–water partition coefficient (Wildman–Crippen LogP) is 7.17. The van der Waals surface area contributed by atoms with Gasteiger partial charge in [0.2, 0.25) is 5.91 Å². The monoisotopic (exact) mass is 941 g/mol. The van der Waals surface area contributed by atoms with Gasteiger partial charge in [0.05, 0.1) is 55.7 Å². The van der Waals surface area contributed by atoms with Crippen LogP contribution in [0.1, 0.15) is 99.4 Å². The number of hydrogen-bond donors (Lipinski definition) is 3. The zero-order valence-electron chi connectivity index (χ0n) is 38.3. The Balaban J connectivity index is 0.682. The standard InChI is InChI=1S/C50H65F2N9O5S/c51-38-18-14-36(15-19-38)42(37-16-20-39(52)21-17-37)9-8-25-58-28-22-41(23-29-58)61-45-11-3-2-10-44(45)60(50(61)64)27-7-1-6-26-59-33-40(56-57-59)34-66-32-31-65-30-24-53-47(62)13-5-4-12-46-48-43(35-67-46)54-49(63)55-48/h2-3,10-11,14-21,33,41-43,46,48H,1,4-9,12-13,22-32,34-35H2,(H,53,62)(H2,54,55,63)/t43-,46-,48-/m0/s1. The van der Waals surface area contributed by atoms with Gasteiger partial charge in [0.25, 0.3) is 0 Å². The first-order valence-electron chi connectivity index (χ1n) is 24.2. The molecule has 3 aromatic carbocycles. The van der Waals surface area contributed by atoms with E-state index >= 15 is 0 Å². The van der Waals surface area contributed by atoms with Crippen molar-refractivity contribution in [2.24, 2.45) is 0 Å². The van der Waals surface area contributed by atoms with Crippen LogP contribution >= 0.6 is 11.8 Å². The van der Waals surface area contributed by atoms with E-state index in [9.17, 15) is 23.2 Å². The summed E-state index contributed by atoms with van der Waals surface area (Å²) < 4.78 is 44.6. The number of nitrogens with one attached hydrogen (secondary N) is 3. The lowest BCUT2D eigenvalue weighted by Crippen LogP contribution is -2.38. The van der Waals surface area contributed by atoms with Crippen LogP contribution in [0.3, 0.4) is 0 Å². The molecule has 0 spiro atoms. The number of benzene rings is 3. The first kappa shape index (κ1) is 48.4. The van der Waals surface area contributed by atoms with Crippen LogP contribution in [0.15, 0.2) is 83.8 Å². The van der Waals surface area contributed by atoms with E-state index in [0.29, 0.717) is 51.2 Å². The first-order valence-corrected chi connectivity index (χ1v) is 25.3. The lowest BCUT2D eigenvalue weighted by Gasteiger charge is -2.33. The molecule has 0 bridgehead atoms. The number of carbonyl (C=O) groups excluding carboxylic acids is 2. The van der Waals surface area contributed by atoms with Gasteiger partial charge < -0.3 is 30.3 Å². The molecule has 0 saturated carbocycles. The van der Waals surface area contributed by atoms with Gasteiger partial charge in [-0.2, -0.15) is 11.8 Å². The summed E-state index contributed by atoms with van der Waals surface area (Å²) in [6.07, 6.45) is 11.5. The van der Waals surface area contributed by atoms with E-state index in [2.05, 4.69) is 43.3 Å². The average molecular weight is 942 g/mol. The first-order chi connectivity index (χ1) is 32.8. The number of imidazole rings is 1. The van der Waals surface area contributed by atoms with Crippen molar-refractivity contribution in [2.75, 3.05) is 51.8 Å². The second-order valence-electron chi connectivity index (χ2n) is 18.1. The van der Waals surface area contributed by atoms with E-state index in [0.717, 1.165) is 124 Å². The van der Waals surface area contributed by atoms with Crippen molar-refractivity contribution in [2.45, 2.75) is 120 Å². The molecular weight excluding hydrogens is 877 g/mol. The molecule has 5 heterocycles. The highest BCUT2D eigenvalue weighted by molar-refractivity contribution is 8.00. The highest BCUT2D eigenvalue weighted by Gasteiger charge is 2.42. The van der Waals surface area contributed by atoms with Crippen molar-refractivity contribution in [3.63, 3.8) is 0 Å². The van der Waals surface area contributed by atoms with Crippen LogP contribution in [0.25, 0.3) is 11.0 Å². The molecular formula is C50H65F2N9O5S. The van der Waals surface area contributed by atoms with Crippen molar-refractivity contribution in [3.8, 4) is 0 Å². The number of aryl methyl sites for hydroxylation is 2. The summed E-state index contributed by atoms with van der Waals surface area (Å²) >= 11 is 1.90. The molecule has 0 unspecified atom stereocenters. The number of para-hydroxylation sites is 2. The molecule has 5 aromatic rings. The molecule has 8 rings (SSSR count). The minimum Gasteiger partial charge on any atom is -0.377 e. The fourth-order valence-corrected chi connectivity index (χ4v) is 11.4. The van der Waals surface area contributed by atoms with Crippen LogP contribution in [0.5, 0.6) is 0 Å². The maximum absolute atomic E-state index is 14.0. The molecule has 360 valence electrons. The maximum Gasteiger partial charge on any atom is 0.329 e. The van der Waals surface area contributed by atoms with Gasteiger partial charge in [0.15, 0.2) is 0 Å². The number of aromatic nitrogens is 5. The van der Waals surface area contributed by atoms with E-state index < -0.39 is 0 Å². The molecule has 3 saturated heterocycles. The molecule has 0 aliphatic carbocycles. The topological polar surface area (TPSA) is 150 Å². The maximum atomic E-state index is 14.0. The number of unbranched alkanes of at least 4 members (excludes halogenated alkanes) is 3.